The van der Waals surface area contributed by atoms with Gasteiger partial charge in [0.1, 0.15) is 4.60 Å². The number of hydrogen-bond acceptors (Lipinski definition) is 3. The van der Waals surface area contributed by atoms with Crippen molar-refractivity contribution < 1.29 is 5.11 Å². The van der Waals surface area contributed by atoms with E-state index in [2.05, 4.69) is 33.2 Å². The number of aliphatic hydroxyl groups excluding tert-OH is 1. The van der Waals surface area contributed by atoms with Gasteiger partial charge in [-0.1, -0.05) is 13.0 Å². The van der Waals surface area contributed by atoms with E-state index in [1.165, 1.54) is 12.8 Å². The number of halogens is 1. The minimum Gasteiger partial charge on any atom is -0.394 e. The average Bonchev–Trinajstić information content (AvgIpc) is 2.39. The minimum absolute atomic E-state index is 0.101. The highest BCUT2D eigenvalue weighted by molar-refractivity contribution is 9.10. The molecule has 0 amide bonds. The maximum absolute atomic E-state index is 9.67. The van der Waals surface area contributed by atoms with E-state index in [-0.39, 0.29) is 12.1 Å². The summed E-state index contributed by atoms with van der Waals surface area (Å²) < 4.78 is 0.858. The summed E-state index contributed by atoms with van der Waals surface area (Å²) in [6.07, 6.45) is 4.50. The highest BCUT2D eigenvalue weighted by Gasteiger charge is 2.32. The first-order chi connectivity index (χ1) is 8.63. The molecule has 1 saturated carbocycles. The molecular weight excluding hydrogens is 292 g/mol. The Labute approximate surface area is 117 Å². The van der Waals surface area contributed by atoms with Crippen molar-refractivity contribution in [3.8, 4) is 0 Å². The molecule has 4 heteroatoms. The van der Waals surface area contributed by atoms with Crippen molar-refractivity contribution in [1.29, 1.82) is 0 Å². The SMILES string of the molecule is CC1CCC(CO)(NCc2cccc(Br)n2)CC1. The highest BCUT2D eigenvalue weighted by Crippen LogP contribution is 2.31. The Morgan fingerprint density at radius 1 is 1.44 bits per heavy atom. The first-order valence-electron chi connectivity index (χ1n) is 6.61. The van der Waals surface area contributed by atoms with E-state index in [1.54, 1.807) is 0 Å². The number of aliphatic hydroxyl groups is 1. The molecule has 1 heterocycles. The fraction of sp³-hybridized carbons (Fsp3) is 0.643. The molecule has 100 valence electrons. The van der Waals surface area contributed by atoms with E-state index < -0.39 is 0 Å². The molecule has 2 N–H and O–H groups in total. The number of rotatable bonds is 4. The minimum atomic E-state index is -0.101. The highest BCUT2D eigenvalue weighted by atomic mass is 79.9. The predicted molar refractivity (Wildman–Crippen MR) is 76.2 cm³/mol. The van der Waals surface area contributed by atoms with Crippen LogP contribution in [0.2, 0.25) is 0 Å². The van der Waals surface area contributed by atoms with Gasteiger partial charge in [0.15, 0.2) is 0 Å². The predicted octanol–water partition coefficient (Wildman–Crippen LogP) is 2.87. The van der Waals surface area contributed by atoms with Gasteiger partial charge in [-0.05, 0) is 59.7 Å². The molecule has 3 nitrogen and oxygen atoms in total. The number of nitrogens with zero attached hydrogens (tertiary/aromatic N) is 1. The van der Waals surface area contributed by atoms with Gasteiger partial charge in [0.05, 0.1) is 12.3 Å². The summed E-state index contributed by atoms with van der Waals surface area (Å²) >= 11 is 3.38. The topological polar surface area (TPSA) is 45.1 Å². The Morgan fingerprint density at radius 2 is 2.17 bits per heavy atom. The molecular formula is C14H21BrN2O. The van der Waals surface area contributed by atoms with E-state index in [0.717, 1.165) is 29.1 Å². The van der Waals surface area contributed by atoms with Crippen LogP contribution in [0.5, 0.6) is 0 Å². The molecule has 0 aromatic carbocycles. The fourth-order valence-corrected chi connectivity index (χ4v) is 2.91. The van der Waals surface area contributed by atoms with Crippen LogP contribution in [0.1, 0.15) is 38.3 Å². The van der Waals surface area contributed by atoms with Crippen molar-refractivity contribution >= 4 is 15.9 Å². The van der Waals surface area contributed by atoms with Gasteiger partial charge in [-0.15, -0.1) is 0 Å². The lowest BCUT2D eigenvalue weighted by Crippen LogP contribution is -2.50. The second kappa shape index (κ2) is 6.13. The first kappa shape index (κ1) is 14.0. The molecule has 0 radical (unpaired) electrons. The van der Waals surface area contributed by atoms with Crippen molar-refractivity contribution in [3.63, 3.8) is 0 Å². The summed E-state index contributed by atoms with van der Waals surface area (Å²) in [6.45, 7) is 3.22. The van der Waals surface area contributed by atoms with Crippen LogP contribution in [0.25, 0.3) is 0 Å². The molecule has 18 heavy (non-hydrogen) atoms. The normalized spacial score (nSPS) is 28.3. The van der Waals surface area contributed by atoms with Gasteiger partial charge in [0.25, 0.3) is 0 Å². The van der Waals surface area contributed by atoms with Gasteiger partial charge in [0, 0.05) is 12.1 Å². The Kier molecular flexibility index (Phi) is 4.76. The van der Waals surface area contributed by atoms with E-state index in [4.69, 9.17) is 0 Å². The van der Waals surface area contributed by atoms with Gasteiger partial charge in [-0.3, -0.25) is 0 Å². The van der Waals surface area contributed by atoms with Crippen LogP contribution in [-0.2, 0) is 6.54 Å². The lowest BCUT2D eigenvalue weighted by molar-refractivity contribution is 0.104. The van der Waals surface area contributed by atoms with Gasteiger partial charge < -0.3 is 10.4 Å². The van der Waals surface area contributed by atoms with Crippen LogP contribution < -0.4 is 5.32 Å². The summed E-state index contributed by atoms with van der Waals surface area (Å²) in [7, 11) is 0. The zero-order valence-electron chi connectivity index (χ0n) is 10.8. The van der Waals surface area contributed by atoms with Crippen LogP contribution in [0.15, 0.2) is 22.8 Å². The lowest BCUT2D eigenvalue weighted by atomic mass is 9.77. The third kappa shape index (κ3) is 3.53. The van der Waals surface area contributed by atoms with Gasteiger partial charge in [0.2, 0.25) is 0 Å². The molecule has 1 aliphatic carbocycles. The maximum Gasteiger partial charge on any atom is 0.106 e. The van der Waals surface area contributed by atoms with Crippen molar-refractivity contribution in [1.82, 2.24) is 10.3 Å². The van der Waals surface area contributed by atoms with Gasteiger partial charge in [-0.2, -0.15) is 0 Å². The number of hydrogen-bond donors (Lipinski definition) is 2. The Hall–Kier alpha value is -0.450. The third-order valence-electron chi connectivity index (χ3n) is 3.95. The molecule has 1 aromatic heterocycles. The molecule has 2 rings (SSSR count). The summed E-state index contributed by atoms with van der Waals surface area (Å²) in [6, 6.07) is 5.92. The second-order valence-electron chi connectivity index (χ2n) is 5.43. The molecule has 1 aliphatic rings. The summed E-state index contributed by atoms with van der Waals surface area (Å²) in [5.41, 5.74) is 0.909. The maximum atomic E-state index is 9.67. The molecule has 0 bridgehead atoms. The Morgan fingerprint density at radius 3 is 2.78 bits per heavy atom. The quantitative estimate of drug-likeness (QED) is 0.840. The van der Waals surface area contributed by atoms with Crippen LogP contribution in [0.3, 0.4) is 0 Å². The zero-order valence-corrected chi connectivity index (χ0v) is 12.4. The number of pyridine rings is 1. The number of aromatic nitrogens is 1. The average molecular weight is 313 g/mol. The van der Waals surface area contributed by atoms with E-state index in [0.29, 0.717) is 6.54 Å². The van der Waals surface area contributed by atoms with Crippen LogP contribution in [0, 0.1) is 5.92 Å². The van der Waals surface area contributed by atoms with E-state index in [9.17, 15) is 5.11 Å². The smallest absolute Gasteiger partial charge is 0.106 e. The summed E-state index contributed by atoms with van der Waals surface area (Å²) in [4.78, 5) is 4.41. The van der Waals surface area contributed by atoms with Crippen molar-refractivity contribution in [3.05, 3.63) is 28.5 Å². The third-order valence-corrected chi connectivity index (χ3v) is 4.39. The van der Waals surface area contributed by atoms with Gasteiger partial charge >= 0.3 is 0 Å². The van der Waals surface area contributed by atoms with Crippen molar-refractivity contribution in [2.75, 3.05) is 6.61 Å². The second-order valence-corrected chi connectivity index (χ2v) is 6.24. The first-order valence-corrected chi connectivity index (χ1v) is 7.40. The lowest BCUT2D eigenvalue weighted by Gasteiger charge is -2.39. The summed E-state index contributed by atoms with van der Waals surface area (Å²) in [5.74, 6) is 0.787. The zero-order chi connectivity index (χ0) is 13.0. The van der Waals surface area contributed by atoms with Crippen LogP contribution in [0.4, 0.5) is 0 Å². The van der Waals surface area contributed by atoms with Crippen LogP contribution >= 0.6 is 15.9 Å². The Balaban J connectivity index is 1.95. The van der Waals surface area contributed by atoms with Gasteiger partial charge in [-0.25, -0.2) is 4.98 Å². The Bertz CT molecular complexity index is 389. The van der Waals surface area contributed by atoms with Crippen molar-refractivity contribution in [2.45, 2.75) is 44.7 Å². The molecule has 0 unspecified atom stereocenters. The summed E-state index contributed by atoms with van der Waals surface area (Å²) in [5, 5.41) is 13.2. The number of nitrogens with one attached hydrogen (secondary N) is 1. The van der Waals surface area contributed by atoms with E-state index >= 15 is 0 Å². The molecule has 1 fully saturated rings. The van der Waals surface area contributed by atoms with E-state index in [1.807, 2.05) is 18.2 Å². The van der Waals surface area contributed by atoms with Crippen LogP contribution in [-0.4, -0.2) is 22.2 Å². The fourth-order valence-electron chi connectivity index (χ4n) is 2.53. The monoisotopic (exact) mass is 312 g/mol. The standard InChI is InChI=1S/C14H21BrN2O/c1-11-5-7-14(10-18,8-6-11)16-9-12-3-2-4-13(15)17-12/h2-4,11,16,18H,5-10H2,1H3. The largest absolute Gasteiger partial charge is 0.394 e. The molecule has 0 atom stereocenters. The molecule has 0 spiro atoms. The molecule has 0 aliphatic heterocycles. The molecule has 1 aromatic rings. The molecule has 0 saturated heterocycles. The van der Waals surface area contributed by atoms with Crippen molar-refractivity contribution in [2.24, 2.45) is 5.92 Å².